The van der Waals surface area contributed by atoms with E-state index in [0.29, 0.717) is 0 Å². The molecule has 0 aliphatic heterocycles. The largest absolute Gasteiger partial charge is 0.451 e. The summed E-state index contributed by atoms with van der Waals surface area (Å²) in [5, 5.41) is 11.2. The zero-order valence-electron chi connectivity index (χ0n) is 6.56. The van der Waals surface area contributed by atoms with Crippen LogP contribution < -0.4 is 5.06 Å². The molecular formula is C8H8NO3. The van der Waals surface area contributed by atoms with Gasteiger partial charge in [-0.15, -0.1) is 5.06 Å². The van der Waals surface area contributed by atoms with Gasteiger partial charge in [-0.25, -0.2) is 4.79 Å². The van der Waals surface area contributed by atoms with Crippen molar-refractivity contribution in [1.82, 2.24) is 0 Å². The van der Waals surface area contributed by atoms with Gasteiger partial charge < -0.3 is 4.74 Å². The molecule has 0 saturated heterocycles. The van der Waals surface area contributed by atoms with Crippen LogP contribution in [0.3, 0.4) is 0 Å². The van der Waals surface area contributed by atoms with Crippen molar-refractivity contribution < 1.29 is 14.7 Å². The summed E-state index contributed by atoms with van der Waals surface area (Å²) in [6, 6.07) is 8.16. The topological polar surface area (TPSA) is 49.4 Å². The van der Waals surface area contributed by atoms with E-state index in [1.54, 1.807) is 18.2 Å². The third-order valence-electron chi connectivity index (χ3n) is 1.33. The third-order valence-corrected chi connectivity index (χ3v) is 1.33. The molecule has 0 unspecified atom stereocenters. The van der Waals surface area contributed by atoms with E-state index in [1.807, 2.05) is 0 Å². The highest BCUT2D eigenvalue weighted by Gasteiger charge is 2.13. The fourth-order valence-electron chi connectivity index (χ4n) is 0.752. The van der Waals surface area contributed by atoms with Gasteiger partial charge in [-0.1, -0.05) is 23.4 Å². The number of hydroxylamine groups is 1. The van der Waals surface area contributed by atoms with Crippen molar-refractivity contribution in [2.75, 3.05) is 12.2 Å². The Balaban J connectivity index is 2.78. The van der Waals surface area contributed by atoms with E-state index < -0.39 is 6.09 Å². The summed E-state index contributed by atoms with van der Waals surface area (Å²) in [5.41, 5.74) is 0.268. The molecule has 1 radical (unpaired) electrons. The summed E-state index contributed by atoms with van der Waals surface area (Å²) >= 11 is 0. The van der Waals surface area contributed by atoms with Gasteiger partial charge in [0.25, 0.3) is 0 Å². The predicted molar refractivity (Wildman–Crippen MR) is 42.0 cm³/mol. The molecule has 1 aromatic carbocycles. The number of carbonyl (C=O) groups excluding carboxylic acids is 1. The lowest BCUT2D eigenvalue weighted by atomic mass is 10.3. The lowest BCUT2D eigenvalue weighted by Crippen LogP contribution is -2.24. The minimum Gasteiger partial charge on any atom is -0.451 e. The van der Waals surface area contributed by atoms with Crippen molar-refractivity contribution in [3.8, 4) is 0 Å². The normalized spacial score (nSPS) is 9.17. The first-order chi connectivity index (χ1) is 5.75. The maximum Gasteiger partial charge on any atom is 0.441 e. The summed E-state index contributed by atoms with van der Waals surface area (Å²) in [5.74, 6) is 0. The third kappa shape index (κ3) is 1.73. The SMILES string of the molecule is COC(=O)N([O])c1ccccc1. The van der Waals surface area contributed by atoms with E-state index in [2.05, 4.69) is 4.74 Å². The molecule has 1 aromatic rings. The van der Waals surface area contributed by atoms with Gasteiger partial charge in [-0.2, -0.15) is 0 Å². The van der Waals surface area contributed by atoms with Crippen LogP contribution in [0, 0.1) is 0 Å². The van der Waals surface area contributed by atoms with E-state index in [4.69, 9.17) is 0 Å². The molecule has 0 spiro atoms. The van der Waals surface area contributed by atoms with Crippen molar-refractivity contribution in [2.45, 2.75) is 0 Å². The molecule has 0 aliphatic rings. The van der Waals surface area contributed by atoms with Crippen LogP contribution in [0.1, 0.15) is 0 Å². The summed E-state index contributed by atoms with van der Waals surface area (Å²) < 4.78 is 4.24. The Bertz CT molecular complexity index is 260. The minimum absolute atomic E-state index is 0.194. The number of hydrogen-bond acceptors (Lipinski definition) is 2. The van der Waals surface area contributed by atoms with Crippen molar-refractivity contribution in [1.29, 1.82) is 0 Å². The second-order valence-corrected chi connectivity index (χ2v) is 2.10. The zero-order chi connectivity index (χ0) is 8.97. The number of benzene rings is 1. The number of amides is 1. The van der Waals surface area contributed by atoms with Crippen LogP contribution in [0.4, 0.5) is 10.5 Å². The van der Waals surface area contributed by atoms with E-state index in [0.717, 1.165) is 7.11 Å². The lowest BCUT2D eigenvalue weighted by Gasteiger charge is -2.09. The summed E-state index contributed by atoms with van der Waals surface area (Å²) in [6.45, 7) is 0. The Kier molecular flexibility index (Phi) is 2.66. The standard InChI is InChI=1S/C8H8NO3/c1-12-8(10)9(11)7-5-3-2-4-6-7/h2-6H,1H3. The molecule has 1 rings (SSSR count). The van der Waals surface area contributed by atoms with Gasteiger partial charge >= 0.3 is 6.09 Å². The number of carbonyl (C=O) groups is 1. The Morgan fingerprint density at radius 2 is 1.92 bits per heavy atom. The molecule has 0 aromatic heterocycles. The molecule has 4 nitrogen and oxygen atoms in total. The van der Waals surface area contributed by atoms with Crippen LogP contribution >= 0.6 is 0 Å². The molecule has 1 amide bonds. The molecule has 0 saturated carbocycles. The van der Waals surface area contributed by atoms with Gasteiger partial charge in [0.2, 0.25) is 0 Å². The van der Waals surface area contributed by atoms with E-state index in [9.17, 15) is 10.0 Å². The fourth-order valence-corrected chi connectivity index (χ4v) is 0.752. The van der Waals surface area contributed by atoms with Gasteiger partial charge in [0, 0.05) is 0 Å². The fraction of sp³-hybridized carbons (Fsp3) is 0.125. The first-order valence-electron chi connectivity index (χ1n) is 3.36. The molecule has 12 heavy (non-hydrogen) atoms. The molecule has 0 atom stereocenters. The molecule has 63 valence electrons. The Labute approximate surface area is 69.9 Å². The van der Waals surface area contributed by atoms with Crippen molar-refractivity contribution >= 4 is 11.8 Å². The molecule has 4 heteroatoms. The van der Waals surface area contributed by atoms with E-state index in [-0.39, 0.29) is 10.8 Å². The Morgan fingerprint density at radius 1 is 1.33 bits per heavy atom. The van der Waals surface area contributed by atoms with Crippen molar-refractivity contribution in [3.63, 3.8) is 0 Å². The van der Waals surface area contributed by atoms with E-state index in [1.165, 1.54) is 12.1 Å². The van der Waals surface area contributed by atoms with Crippen LogP contribution in [-0.2, 0) is 9.94 Å². The Hall–Kier alpha value is -1.55. The average Bonchev–Trinajstić information content (AvgIpc) is 2.17. The van der Waals surface area contributed by atoms with Crippen LogP contribution in [0.5, 0.6) is 0 Å². The molecule has 0 N–H and O–H groups in total. The minimum atomic E-state index is -0.916. The molecule has 0 aliphatic carbocycles. The number of methoxy groups -OCH3 is 1. The van der Waals surface area contributed by atoms with Gasteiger partial charge in [0.05, 0.1) is 12.8 Å². The summed E-state index contributed by atoms with van der Waals surface area (Å²) in [6.07, 6.45) is -0.916. The van der Waals surface area contributed by atoms with Crippen LogP contribution in [0.2, 0.25) is 0 Å². The molecule has 0 bridgehead atoms. The zero-order valence-corrected chi connectivity index (χ0v) is 6.56. The van der Waals surface area contributed by atoms with Crippen LogP contribution in [0.15, 0.2) is 30.3 Å². The number of hydrogen-bond donors (Lipinski definition) is 0. The highest BCUT2D eigenvalue weighted by atomic mass is 16.6. The summed E-state index contributed by atoms with van der Waals surface area (Å²) in [4.78, 5) is 10.7. The number of anilines is 1. The lowest BCUT2D eigenvalue weighted by molar-refractivity contribution is 0.109. The van der Waals surface area contributed by atoms with Gasteiger partial charge in [0.1, 0.15) is 0 Å². The maximum atomic E-state index is 11.0. The van der Waals surface area contributed by atoms with Crippen molar-refractivity contribution in [2.24, 2.45) is 0 Å². The van der Waals surface area contributed by atoms with Gasteiger partial charge in [0.15, 0.2) is 0 Å². The molecule has 0 heterocycles. The Morgan fingerprint density at radius 3 is 2.42 bits per heavy atom. The summed E-state index contributed by atoms with van der Waals surface area (Å²) in [7, 11) is 1.16. The molecule has 0 fully saturated rings. The number of para-hydroxylation sites is 1. The quantitative estimate of drug-likeness (QED) is 0.595. The highest BCUT2D eigenvalue weighted by Crippen LogP contribution is 2.11. The smallest absolute Gasteiger partial charge is 0.441 e. The monoisotopic (exact) mass is 166 g/mol. The van der Waals surface area contributed by atoms with E-state index >= 15 is 0 Å². The number of ether oxygens (including phenoxy) is 1. The number of rotatable bonds is 1. The molecular weight excluding hydrogens is 158 g/mol. The van der Waals surface area contributed by atoms with Crippen molar-refractivity contribution in [3.05, 3.63) is 30.3 Å². The van der Waals surface area contributed by atoms with Gasteiger partial charge in [-0.05, 0) is 12.1 Å². The maximum absolute atomic E-state index is 11.0. The van der Waals surface area contributed by atoms with Crippen LogP contribution in [-0.4, -0.2) is 13.2 Å². The number of nitrogens with zero attached hydrogens (tertiary/aromatic N) is 1. The predicted octanol–water partition coefficient (Wildman–Crippen LogP) is 1.60. The average molecular weight is 166 g/mol. The second-order valence-electron chi connectivity index (χ2n) is 2.10. The second kappa shape index (κ2) is 3.73. The first kappa shape index (κ1) is 8.55. The highest BCUT2D eigenvalue weighted by molar-refractivity contribution is 5.84. The van der Waals surface area contributed by atoms with Crippen LogP contribution in [0.25, 0.3) is 0 Å². The first-order valence-corrected chi connectivity index (χ1v) is 3.36. The van der Waals surface area contributed by atoms with Gasteiger partial charge in [-0.3, -0.25) is 0 Å².